The molecule has 2 heterocycles. The number of methoxy groups -OCH3 is 1. The van der Waals surface area contributed by atoms with Gasteiger partial charge in [-0.1, -0.05) is 0 Å². The molecule has 7 heteroatoms. The molecule has 0 saturated heterocycles. The molecule has 1 atom stereocenters. The first-order valence-electron chi connectivity index (χ1n) is 4.94. The minimum Gasteiger partial charge on any atom is -0.493 e. The maximum Gasteiger partial charge on any atom is 0.162 e. The fourth-order valence-electron chi connectivity index (χ4n) is 1.69. The average Bonchev–Trinajstić information content (AvgIpc) is 2.89. The highest BCUT2D eigenvalue weighted by atomic mass is 79.9. The zero-order valence-corrected chi connectivity index (χ0v) is 11.9. The van der Waals surface area contributed by atoms with Gasteiger partial charge in [-0.05, 0) is 28.1 Å². The highest BCUT2D eigenvalue weighted by molar-refractivity contribution is 9.11. The number of thiophene rings is 1. The van der Waals surface area contributed by atoms with Crippen molar-refractivity contribution < 1.29 is 4.74 Å². The molecule has 0 radical (unpaired) electrons. The van der Waals surface area contributed by atoms with E-state index >= 15 is 0 Å². The van der Waals surface area contributed by atoms with Crippen LogP contribution in [0.3, 0.4) is 0 Å². The van der Waals surface area contributed by atoms with Gasteiger partial charge in [-0.15, -0.1) is 11.3 Å². The first-order chi connectivity index (χ1) is 8.17. The Labute approximate surface area is 112 Å². The second-order valence-electron chi connectivity index (χ2n) is 3.46. The van der Waals surface area contributed by atoms with Gasteiger partial charge in [0, 0.05) is 11.9 Å². The number of nitrogens with one attached hydrogen (secondary N) is 1. The minimum atomic E-state index is -0.131. The second-order valence-corrected chi connectivity index (χ2v) is 5.96. The van der Waals surface area contributed by atoms with Gasteiger partial charge in [0.15, 0.2) is 5.75 Å². The van der Waals surface area contributed by atoms with E-state index in [9.17, 15) is 0 Å². The zero-order valence-electron chi connectivity index (χ0n) is 9.48. The van der Waals surface area contributed by atoms with E-state index in [1.807, 2.05) is 19.2 Å². The number of aryl methyl sites for hydroxylation is 1. The smallest absolute Gasteiger partial charge is 0.162 e. The van der Waals surface area contributed by atoms with Gasteiger partial charge in [0.25, 0.3) is 0 Å². The predicted octanol–water partition coefficient (Wildman–Crippen LogP) is 1.81. The summed E-state index contributed by atoms with van der Waals surface area (Å²) in [5, 5.41) is 4.18. The van der Waals surface area contributed by atoms with Crippen LogP contribution in [0.4, 0.5) is 0 Å². The lowest BCUT2D eigenvalue weighted by molar-refractivity contribution is 0.401. The van der Waals surface area contributed by atoms with Crippen molar-refractivity contribution in [3.63, 3.8) is 0 Å². The van der Waals surface area contributed by atoms with Crippen molar-refractivity contribution >= 4 is 27.3 Å². The van der Waals surface area contributed by atoms with E-state index in [0.29, 0.717) is 0 Å². The van der Waals surface area contributed by atoms with E-state index in [0.717, 1.165) is 20.1 Å². The average molecular weight is 317 g/mol. The summed E-state index contributed by atoms with van der Waals surface area (Å²) < 4.78 is 8.12. The normalized spacial score (nSPS) is 12.7. The van der Waals surface area contributed by atoms with Crippen LogP contribution in [0.5, 0.6) is 5.75 Å². The molecule has 2 aromatic rings. The molecule has 0 aliphatic rings. The van der Waals surface area contributed by atoms with Crippen molar-refractivity contribution in [2.45, 2.75) is 6.04 Å². The molecule has 0 spiro atoms. The maximum atomic E-state index is 5.64. The van der Waals surface area contributed by atoms with Gasteiger partial charge in [-0.2, -0.15) is 5.10 Å². The molecule has 17 heavy (non-hydrogen) atoms. The van der Waals surface area contributed by atoms with Crippen molar-refractivity contribution in [3.8, 4) is 5.75 Å². The topological polar surface area (TPSA) is 65.1 Å². The number of ether oxygens (including phenoxy) is 1. The van der Waals surface area contributed by atoms with Gasteiger partial charge in [-0.3, -0.25) is 10.5 Å². The Kier molecular flexibility index (Phi) is 3.82. The molecule has 1 unspecified atom stereocenters. The van der Waals surface area contributed by atoms with Crippen molar-refractivity contribution in [2.75, 3.05) is 7.11 Å². The van der Waals surface area contributed by atoms with Crippen LogP contribution in [0.15, 0.2) is 22.1 Å². The number of nitrogens with zero attached hydrogens (tertiary/aromatic N) is 2. The summed E-state index contributed by atoms with van der Waals surface area (Å²) in [5.41, 5.74) is 3.71. The molecular formula is C10H13BrN4OS. The van der Waals surface area contributed by atoms with E-state index in [-0.39, 0.29) is 6.04 Å². The Hall–Kier alpha value is -0.890. The molecule has 0 aliphatic carbocycles. The van der Waals surface area contributed by atoms with Gasteiger partial charge < -0.3 is 4.74 Å². The molecule has 5 nitrogen and oxygen atoms in total. The number of halogens is 1. The molecule has 0 aromatic carbocycles. The van der Waals surface area contributed by atoms with Crippen LogP contribution < -0.4 is 16.0 Å². The highest BCUT2D eigenvalue weighted by Gasteiger charge is 2.22. The van der Waals surface area contributed by atoms with Crippen LogP contribution in [-0.4, -0.2) is 16.9 Å². The Morgan fingerprint density at radius 2 is 2.35 bits per heavy atom. The lowest BCUT2D eigenvalue weighted by atomic mass is 10.1. The number of hydrazine groups is 1. The molecule has 0 saturated carbocycles. The summed E-state index contributed by atoms with van der Waals surface area (Å²) in [6, 6.07) is 3.88. The molecule has 0 bridgehead atoms. The second kappa shape index (κ2) is 5.18. The minimum absolute atomic E-state index is 0.131. The third kappa shape index (κ3) is 2.37. The number of nitrogens with two attached hydrogens (primary N) is 1. The van der Waals surface area contributed by atoms with Gasteiger partial charge in [0.1, 0.15) is 11.7 Å². The van der Waals surface area contributed by atoms with Gasteiger partial charge in [0.05, 0.1) is 17.1 Å². The third-order valence-corrected chi connectivity index (χ3v) is 4.18. The molecule has 0 amide bonds. The van der Waals surface area contributed by atoms with E-state index in [2.05, 4.69) is 26.5 Å². The SMILES string of the molecule is COc1cnn(C)c1C(NN)c1ccc(Br)s1. The Morgan fingerprint density at radius 3 is 2.88 bits per heavy atom. The van der Waals surface area contributed by atoms with Crippen LogP contribution >= 0.6 is 27.3 Å². The summed E-state index contributed by atoms with van der Waals surface area (Å²) in [4.78, 5) is 1.10. The van der Waals surface area contributed by atoms with Crippen LogP contribution in [0, 0.1) is 0 Å². The van der Waals surface area contributed by atoms with Crippen LogP contribution in [0.25, 0.3) is 0 Å². The highest BCUT2D eigenvalue weighted by Crippen LogP contribution is 2.34. The van der Waals surface area contributed by atoms with E-state index < -0.39 is 0 Å². The van der Waals surface area contributed by atoms with Crippen molar-refractivity contribution in [1.29, 1.82) is 0 Å². The van der Waals surface area contributed by atoms with Crippen LogP contribution in [0.2, 0.25) is 0 Å². The number of hydrogen-bond acceptors (Lipinski definition) is 5. The predicted molar refractivity (Wildman–Crippen MR) is 70.9 cm³/mol. The number of hydrogen-bond donors (Lipinski definition) is 2. The number of rotatable bonds is 4. The van der Waals surface area contributed by atoms with E-state index in [4.69, 9.17) is 10.6 Å². The van der Waals surface area contributed by atoms with Gasteiger partial charge in [0.2, 0.25) is 0 Å². The van der Waals surface area contributed by atoms with Crippen molar-refractivity contribution in [2.24, 2.45) is 12.9 Å². The monoisotopic (exact) mass is 316 g/mol. The molecule has 0 fully saturated rings. The van der Waals surface area contributed by atoms with Crippen molar-refractivity contribution in [3.05, 3.63) is 32.7 Å². The van der Waals surface area contributed by atoms with Crippen molar-refractivity contribution in [1.82, 2.24) is 15.2 Å². The van der Waals surface area contributed by atoms with E-state index in [1.54, 1.807) is 29.3 Å². The quantitative estimate of drug-likeness (QED) is 0.667. The molecule has 0 aliphatic heterocycles. The summed E-state index contributed by atoms with van der Waals surface area (Å²) in [6.07, 6.45) is 1.68. The van der Waals surface area contributed by atoms with E-state index in [1.165, 1.54) is 0 Å². The number of aromatic nitrogens is 2. The third-order valence-electron chi connectivity index (χ3n) is 2.49. The molecule has 92 valence electrons. The first kappa shape index (κ1) is 12.6. The molecule has 2 rings (SSSR count). The van der Waals surface area contributed by atoms with Gasteiger partial charge in [-0.25, -0.2) is 5.43 Å². The van der Waals surface area contributed by atoms with Crippen LogP contribution in [-0.2, 0) is 7.05 Å². The summed E-state index contributed by atoms with van der Waals surface area (Å²) in [6.45, 7) is 0. The fraction of sp³-hybridized carbons (Fsp3) is 0.300. The first-order valence-corrected chi connectivity index (χ1v) is 6.55. The standard InChI is InChI=1S/C10H13BrN4OS/c1-15-10(6(16-2)5-13-15)9(14-12)7-3-4-8(11)17-7/h3-5,9,14H,12H2,1-2H3. The maximum absolute atomic E-state index is 5.64. The molecule has 3 N–H and O–H groups in total. The van der Waals surface area contributed by atoms with Gasteiger partial charge >= 0.3 is 0 Å². The molecular weight excluding hydrogens is 304 g/mol. The zero-order chi connectivity index (χ0) is 12.4. The Balaban J connectivity index is 2.44. The largest absolute Gasteiger partial charge is 0.493 e. The Bertz CT molecular complexity index is 510. The Morgan fingerprint density at radius 1 is 1.59 bits per heavy atom. The lowest BCUT2D eigenvalue weighted by Gasteiger charge is -2.16. The van der Waals surface area contributed by atoms with Crippen LogP contribution in [0.1, 0.15) is 16.6 Å². The summed E-state index contributed by atoms with van der Waals surface area (Å²) in [5.74, 6) is 6.36. The summed E-state index contributed by atoms with van der Waals surface area (Å²) in [7, 11) is 3.49. The lowest BCUT2D eigenvalue weighted by Crippen LogP contribution is -2.30. The molecule has 2 aromatic heterocycles. The fourth-order valence-corrected chi connectivity index (χ4v) is 3.18. The summed E-state index contributed by atoms with van der Waals surface area (Å²) >= 11 is 5.07.